The van der Waals surface area contributed by atoms with Gasteiger partial charge < -0.3 is 10.4 Å². The number of hydrogen-bond acceptors (Lipinski definition) is 9. The van der Waals surface area contributed by atoms with Gasteiger partial charge in [0.15, 0.2) is 11.5 Å². The van der Waals surface area contributed by atoms with E-state index in [4.69, 9.17) is 5.21 Å². The van der Waals surface area contributed by atoms with E-state index in [1.807, 2.05) is 0 Å². The summed E-state index contributed by atoms with van der Waals surface area (Å²) in [6.45, 7) is 0. The van der Waals surface area contributed by atoms with Crippen molar-refractivity contribution in [3.63, 3.8) is 0 Å². The standard InChI is InChI=1S/C11H9N8O2/c20-19(21)9-3-1-2-8(6-9)7-12-13-10-4-5-11-14-16-17-18(11)15-10/h1-7,20H,(H,13,15)/q-1. The SMILES string of the molecule is [O-]N(O)c1cccc(C=NNc2ccc3nnnn3n2)c1. The summed E-state index contributed by atoms with van der Waals surface area (Å²) >= 11 is 0. The molecule has 0 atom stereocenters. The van der Waals surface area contributed by atoms with Gasteiger partial charge in [0.25, 0.3) is 0 Å². The van der Waals surface area contributed by atoms with Crippen LogP contribution in [0.5, 0.6) is 0 Å². The highest BCUT2D eigenvalue weighted by atomic mass is 16.8. The van der Waals surface area contributed by atoms with Crippen molar-refractivity contribution in [1.29, 1.82) is 0 Å². The van der Waals surface area contributed by atoms with Crippen LogP contribution in [-0.4, -0.2) is 36.7 Å². The van der Waals surface area contributed by atoms with Gasteiger partial charge in [0, 0.05) is 0 Å². The number of fused-ring (bicyclic) bond motifs is 1. The molecule has 0 spiro atoms. The van der Waals surface area contributed by atoms with Crippen LogP contribution in [0.3, 0.4) is 0 Å². The van der Waals surface area contributed by atoms with Gasteiger partial charge >= 0.3 is 0 Å². The summed E-state index contributed by atoms with van der Waals surface area (Å²) in [5.74, 6) is 0.454. The molecule has 0 bridgehead atoms. The molecule has 0 amide bonds. The average molecular weight is 285 g/mol. The minimum absolute atomic E-state index is 0.118. The van der Waals surface area contributed by atoms with Crippen LogP contribution in [0.2, 0.25) is 0 Å². The van der Waals surface area contributed by atoms with Crippen LogP contribution in [0.4, 0.5) is 11.5 Å². The van der Waals surface area contributed by atoms with Crippen LogP contribution in [0.1, 0.15) is 5.56 Å². The molecule has 2 aromatic heterocycles. The summed E-state index contributed by atoms with van der Waals surface area (Å²) in [5, 5.41) is 38.3. The molecule has 0 aliphatic heterocycles. The number of nitrogens with one attached hydrogen (secondary N) is 1. The zero-order chi connectivity index (χ0) is 14.7. The third-order valence-electron chi connectivity index (χ3n) is 2.55. The van der Waals surface area contributed by atoms with E-state index in [1.54, 1.807) is 24.3 Å². The van der Waals surface area contributed by atoms with E-state index in [-0.39, 0.29) is 10.9 Å². The molecule has 10 nitrogen and oxygen atoms in total. The van der Waals surface area contributed by atoms with Crippen molar-refractivity contribution in [3.8, 4) is 0 Å². The van der Waals surface area contributed by atoms with Gasteiger partial charge in [-0.05, 0) is 40.3 Å². The van der Waals surface area contributed by atoms with Crippen molar-refractivity contribution < 1.29 is 5.21 Å². The predicted octanol–water partition coefficient (Wildman–Crippen LogP) is 0.659. The Labute approximate surface area is 117 Å². The van der Waals surface area contributed by atoms with Gasteiger partial charge in [0.05, 0.1) is 11.9 Å². The van der Waals surface area contributed by atoms with Gasteiger partial charge in [-0.25, -0.2) is 0 Å². The smallest absolute Gasteiger partial charge is 0.200 e. The lowest BCUT2D eigenvalue weighted by Crippen LogP contribution is -2.07. The first-order chi connectivity index (χ1) is 10.2. The molecule has 0 radical (unpaired) electrons. The van der Waals surface area contributed by atoms with Crippen molar-refractivity contribution in [1.82, 2.24) is 25.3 Å². The second kappa shape index (κ2) is 5.48. The second-order valence-electron chi connectivity index (χ2n) is 3.98. The molecule has 3 rings (SSSR count). The van der Waals surface area contributed by atoms with Crippen LogP contribution in [0, 0.1) is 5.21 Å². The highest BCUT2D eigenvalue weighted by Gasteiger charge is 1.99. The number of nitrogens with zero attached hydrogens (tertiary/aromatic N) is 7. The van der Waals surface area contributed by atoms with Gasteiger partial charge in [-0.15, -0.1) is 14.8 Å². The lowest BCUT2D eigenvalue weighted by atomic mass is 10.2. The molecule has 0 aliphatic rings. The van der Waals surface area contributed by atoms with E-state index in [9.17, 15) is 5.21 Å². The maximum Gasteiger partial charge on any atom is 0.200 e. The van der Waals surface area contributed by atoms with Crippen LogP contribution < -0.4 is 10.7 Å². The summed E-state index contributed by atoms with van der Waals surface area (Å²) < 4.78 is 1.26. The molecular formula is C11H9N8O2-. The van der Waals surface area contributed by atoms with E-state index >= 15 is 0 Å². The summed E-state index contributed by atoms with van der Waals surface area (Å²) in [7, 11) is 0. The Kier molecular flexibility index (Phi) is 3.37. The topological polar surface area (TPSA) is 127 Å². The molecule has 2 N–H and O–H groups in total. The third-order valence-corrected chi connectivity index (χ3v) is 2.55. The van der Waals surface area contributed by atoms with E-state index in [1.165, 1.54) is 23.0 Å². The van der Waals surface area contributed by atoms with Gasteiger partial charge in [-0.2, -0.15) is 5.10 Å². The fourth-order valence-corrected chi connectivity index (χ4v) is 1.61. The van der Waals surface area contributed by atoms with E-state index < -0.39 is 0 Å². The van der Waals surface area contributed by atoms with Crippen molar-refractivity contribution >= 4 is 23.4 Å². The largest absolute Gasteiger partial charge is 0.733 e. The van der Waals surface area contributed by atoms with Crippen LogP contribution in [0.25, 0.3) is 5.65 Å². The second-order valence-corrected chi connectivity index (χ2v) is 3.98. The zero-order valence-corrected chi connectivity index (χ0v) is 10.5. The van der Waals surface area contributed by atoms with Crippen molar-refractivity contribution in [2.75, 3.05) is 10.7 Å². The van der Waals surface area contributed by atoms with Gasteiger partial charge in [-0.1, -0.05) is 12.1 Å². The van der Waals surface area contributed by atoms with Crippen molar-refractivity contribution in [2.45, 2.75) is 0 Å². The fourth-order valence-electron chi connectivity index (χ4n) is 1.61. The first-order valence-corrected chi connectivity index (χ1v) is 5.83. The molecule has 0 saturated heterocycles. The van der Waals surface area contributed by atoms with Crippen molar-refractivity contribution in [3.05, 3.63) is 47.2 Å². The highest BCUT2D eigenvalue weighted by molar-refractivity contribution is 5.81. The quantitative estimate of drug-likeness (QED) is 0.528. The lowest BCUT2D eigenvalue weighted by Gasteiger charge is -2.21. The number of benzene rings is 1. The number of hydrazone groups is 1. The van der Waals surface area contributed by atoms with Crippen LogP contribution in [-0.2, 0) is 0 Å². The number of hydrogen-bond donors (Lipinski definition) is 2. The molecule has 0 fully saturated rings. The molecule has 0 unspecified atom stereocenters. The minimum atomic E-state index is -0.210. The van der Waals surface area contributed by atoms with Crippen LogP contribution >= 0.6 is 0 Å². The summed E-state index contributed by atoms with van der Waals surface area (Å²) in [4.78, 5) is 0. The Morgan fingerprint density at radius 2 is 2.24 bits per heavy atom. The molecule has 21 heavy (non-hydrogen) atoms. The number of aromatic nitrogens is 5. The third kappa shape index (κ3) is 2.91. The fraction of sp³-hybridized carbons (Fsp3) is 0. The maximum absolute atomic E-state index is 10.8. The van der Waals surface area contributed by atoms with Gasteiger partial charge in [0.2, 0.25) is 0 Å². The predicted molar refractivity (Wildman–Crippen MR) is 73.9 cm³/mol. The number of tetrazole rings is 1. The molecule has 2 heterocycles. The van der Waals surface area contributed by atoms with E-state index in [0.29, 0.717) is 17.0 Å². The monoisotopic (exact) mass is 285 g/mol. The lowest BCUT2D eigenvalue weighted by molar-refractivity contribution is 0.296. The Hall–Kier alpha value is -3.11. The Morgan fingerprint density at radius 3 is 3.10 bits per heavy atom. The normalized spacial score (nSPS) is 11.1. The summed E-state index contributed by atoms with van der Waals surface area (Å²) in [6.07, 6.45) is 1.48. The Balaban J connectivity index is 1.72. The first kappa shape index (κ1) is 12.9. The Morgan fingerprint density at radius 1 is 1.33 bits per heavy atom. The molecule has 3 aromatic rings. The van der Waals surface area contributed by atoms with Crippen molar-refractivity contribution in [2.24, 2.45) is 5.10 Å². The van der Waals surface area contributed by atoms with Gasteiger partial charge in [0.1, 0.15) is 0 Å². The van der Waals surface area contributed by atoms with Crippen LogP contribution in [0.15, 0.2) is 41.5 Å². The summed E-state index contributed by atoms with van der Waals surface area (Å²) in [5.41, 5.74) is 3.99. The zero-order valence-electron chi connectivity index (χ0n) is 10.5. The molecule has 0 saturated carbocycles. The summed E-state index contributed by atoms with van der Waals surface area (Å²) in [6, 6.07) is 9.68. The average Bonchev–Trinajstić information content (AvgIpc) is 2.95. The maximum atomic E-state index is 10.8. The first-order valence-electron chi connectivity index (χ1n) is 5.83. The molecule has 10 heteroatoms. The molecule has 1 aromatic carbocycles. The minimum Gasteiger partial charge on any atom is -0.733 e. The highest BCUT2D eigenvalue weighted by Crippen LogP contribution is 2.12. The Bertz CT molecular complexity index is 784. The number of rotatable bonds is 4. The van der Waals surface area contributed by atoms with Gasteiger partial charge in [-0.3, -0.25) is 10.6 Å². The molecular weight excluding hydrogens is 276 g/mol. The van der Waals surface area contributed by atoms with E-state index in [2.05, 4.69) is 31.2 Å². The molecule has 106 valence electrons. The number of anilines is 2. The molecule has 0 aliphatic carbocycles. The van der Waals surface area contributed by atoms with E-state index in [0.717, 1.165) is 0 Å².